The van der Waals surface area contributed by atoms with Crippen molar-refractivity contribution >= 4 is 17.6 Å². The Morgan fingerprint density at radius 3 is 2.30 bits per heavy atom. The van der Waals surface area contributed by atoms with Gasteiger partial charge in [0.1, 0.15) is 5.82 Å². The second-order valence-corrected chi connectivity index (χ2v) is 10.7. The van der Waals surface area contributed by atoms with E-state index in [-0.39, 0.29) is 29.7 Å². The van der Waals surface area contributed by atoms with Gasteiger partial charge in [-0.15, -0.1) is 0 Å². The predicted octanol–water partition coefficient (Wildman–Crippen LogP) is 6.63. The van der Waals surface area contributed by atoms with Crippen LogP contribution >= 0.6 is 0 Å². The van der Waals surface area contributed by atoms with Crippen molar-refractivity contribution in [3.05, 3.63) is 77.5 Å². The molecule has 1 heterocycles. The number of aryl methyl sites for hydroxylation is 1. The van der Waals surface area contributed by atoms with Crippen molar-refractivity contribution in [2.75, 3.05) is 18.4 Å². The van der Waals surface area contributed by atoms with Crippen LogP contribution in [0.1, 0.15) is 83.0 Å². The number of unbranched alkanes of at least 4 members (excludes halogenated alkanes) is 2. The number of anilines is 1. The van der Waals surface area contributed by atoms with E-state index < -0.39 is 0 Å². The lowest BCUT2D eigenvalue weighted by Gasteiger charge is -2.27. The molecular weight excluding hydrogens is 460 g/mol. The molecule has 1 N–H and O–H groups in total. The number of amides is 2. The monoisotopic (exact) mass is 502 g/mol. The lowest BCUT2D eigenvalue weighted by molar-refractivity contribution is -0.136. The van der Waals surface area contributed by atoms with Gasteiger partial charge < -0.3 is 10.2 Å². The summed E-state index contributed by atoms with van der Waals surface area (Å²) in [4.78, 5) is 28.8. The van der Waals surface area contributed by atoms with Crippen molar-refractivity contribution in [3.8, 4) is 5.69 Å². The number of hydrogen-bond acceptors (Lipinski definition) is 3. The first kappa shape index (κ1) is 28.2. The van der Waals surface area contributed by atoms with E-state index in [1.807, 2.05) is 74.5 Å². The fourth-order valence-corrected chi connectivity index (χ4v) is 4.46. The second-order valence-electron chi connectivity index (χ2n) is 10.7. The Kier molecular flexibility index (Phi) is 9.67. The van der Waals surface area contributed by atoms with Gasteiger partial charge in [0.05, 0.1) is 23.8 Å². The second kappa shape index (κ2) is 12.7. The Morgan fingerprint density at radius 2 is 1.68 bits per heavy atom. The van der Waals surface area contributed by atoms with E-state index in [4.69, 9.17) is 5.10 Å². The Labute approximate surface area is 222 Å². The first-order valence-corrected chi connectivity index (χ1v) is 13.5. The molecule has 198 valence electrons. The number of nitrogens with zero attached hydrogens (tertiary/aromatic N) is 3. The van der Waals surface area contributed by atoms with Gasteiger partial charge in [0.25, 0.3) is 0 Å². The molecule has 2 amide bonds. The lowest BCUT2D eigenvalue weighted by Crippen LogP contribution is -2.41. The summed E-state index contributed by atoms with van der Waals surface area (Å²) in [5, 5.41) is 7.91. The van der Waals surface area contributed by atoms with Crippen LogP contribution in [0.5, 0.6) is 0 Å². The van der Waals surface area contributed by atoms with Crippen LogP contribution in [0.4, 0.5) is 5.82 Å². The van der Waals surface area contributed by atoms with Gasteiger partial charge in [-0.25, -0.2) is 4.68 Å². The molecule has 1 unspecified atom stereocenters. The summed E-state index contributed by atoms with van der Waals surface area (Å²) in [7, 11) is 0. The molecule has 3 rings (SSSR count). The van der Waals surface area contributed by atoms with Crippen LogP contribution < -0.4 is 5.32 Å². The van der Waals surface area contributed by atoms with E-state index >= 15 is 0 Å². The summed E-state index contributed by atoms with van der Waals surface area (Å²) in [6.07, 6.45) is 3.62. The molecule has 0 aliphatic rings. The number of aromatic nitrogens is 2. The maximum atomic E-state index is 13.7. The number of para-hydroxylation sites is 1. The summed E-state index contributed by atoms with van der Waals surface area (Å²) in [6, 6.07) is 19.8. The fraction of sp³-hybridized carbons (Fsp3) is 0.452. The van der Waals surface area contributed by atoms with Crippen molar-refractivity contribution in [1.29, 1.82) is 0 Å². The molecule has 2 aromatic carbocycles. The summed E-state index contributed by atoms with van der Waals surface area (Å²) >= 11 is 0. The molecule has 0 aliphatic heterocycles. The van der Waals surface area contributed by atoms with Gasteiger partial charge in [0, 0.05) is 18.0 Å². The molecule has 0 bridgehead atoms. The molecule has 1 aromatic heterocycles. The van der Waals surface area contributed by atoms with Crippen molar-refractivity contribution in [2.24, 2.45) is 0 Å². The van der Waals surface area contributed by atoms with Gasteiger partial charge in [-0.1, -0.05) is 96.0 Å². The van der Waals surface area contributed by atoms with E-state index in [2.05, 4.69) is 33.0 Å². The van der Waals surface area contributed by atoms with Crippen LogP contribution in [-0.2, 0) is 15.0 Å². The van der Waals surface area contributed by atoms with Crippen LogP contribution in [0.25, 0.3) is 5.69 Å². The smallest absolute Gasteiger partial charge is 0.245 e. The first-order valence-electron chi connectivity index (χ1n) is 13.5. The molecule has 37 heavy (non-hydrogen) atoms. The average Bonchev–Trinajstić information content (AvgIpc) is 3.29. The number of nitrogens with one attached hydrogen (secondary N) is 1. The molecule has 0 saturated carbocycles. The molecule has 6 nitrogen and oxygen atoms in total. The van der Waals surface area contributed by atoms with Crippen LogP contribution in [0.2, 0.25) is 0 Å². The Balaban J connectivity index is 1.87. The molecule has 0 spiro atoms. The summed E-state index contributed by atoms with van der Waals surface area (Å²) < 4.78 is 1.80. The van der Waals surface area contributed by atoms with Gasteiger partial charge in [-0.3, -0.25) is 9.59 Å². The largest absolute Gasteiger partial charge is 0.333 e. The SMILES string of the molecule is CCCCCN(CC(=O)Nc1cc(C(C)(C)C)nn1-c1ccccc1C)C(=O)C(CC)c1ccccc1. The minimum absolute atomic E-state index is 0.00254. The quantitative estimate of drug-likeness (QED) is 0.299. The zero-order valence-electron chi connectivity index (χ0n) is 23.3. The molecule has 3 aromatic rings. The van der Waals surface area contributed by atoms with Gasteiger partial charge in [0.2, 0.25) is 11.8 Å². The third-order valence-corrected chi connectivity index (χ3v) is 6.67. The van der Waals surface area contributed by atoms with Crippen molar-refractivity contribution in [2.45, 2.75) is 78.6 Å². The molecule has 6 heteroatoms. The number of rotatable bonds is 11. The summed E-state index contributed by atoms with van der Waals surface area (Å²) in [5.74, 6) is 0.131. The van der Waals surface area contributed by atoms with Gasteiger partial charge in [-0.05, 0) is 37.0 Å². The van der Waals surface area contributed by atoms with E-state index in [9.17, 15) is 9.59 Å². The van der Waals surface area contributed by atoms with Crippen molar-refractivity contribution < 1.29 is 9.59 Å². The van der Waals surface area contributed by atoms with Crippen molar-refractivity contribution in [1.82, 2.24) is 14.7 Å². The summed E-state index contributed by atoms with van der Waals surface area (Å²) in [6.45, 7) is 13.1. The average molecular weight is 503 g/mol. The molecule has 0 saturated heterocycles. The highest BCUT2D eigenvalue weighted by atomic mass is 16.2. The minimum atomic E-state index is -0.263. The zero-order valence-corrected chi connectivity index (χ0v) is 23.3. The van der Waals surface area contributed by atoms with E-state index in [0.29, 0.717) is 18.8 Å². The van der Waals surface area contributed by atoms with Crippen LogP contribution in [0, 0.1) is 6.92 Å². The van der Waals surface area contributed by atoms with Gasteiger partial charge in [0.15, 0.2) is 0 Å². The Bertz CT molecular complexity index is 1180. The van der Waals surface area contributed by atoms with Crippen LogP contribution in [0.15, 0.2) is 60.7 Å². The van der Waals surface area contributed by atoms with Crippen LogP contribution in [0.3, 0.4) is 0 Å². The lowest BCUT2D eigenvalue weighted by atomic mass is 9.92. The number of benzene rings is 2. The van der Waals surface area contributed by atoms with Gasteiger partial charge in [-0.2, -0.15) is 5.10 Å². The zero-order chi connectivity index (χ0) is 27.0. The third-order valence-electron chi connectivity index (χ3n) is 6.67. The van der Waals surface area contributed by atoms with E-state index in [0.717, 1.165) is 41.8 Å². The highest BCUT2D eigenvalue weighted by Crippen LogP contribution is 2.28. The van der Waals surface area contributed by atoms with Gasteiger partial charge >= 0.3 is 0 Å². The molecule has 0 fully saturated rings. The Morgan fingerprint density at radius 1 is 1.00 bits per heavy atom. The molecule has 1 atom stereocenters. The maximum absolute atomic E-state index is 13.7. The predicted molar refractivity (Wildman–Crippen MR) is 151 cm³/mol. The highest BCUT2D eigenvalue weighted by Gasteiger charge is 2.27. The molecular formula is C31H42N4O2. The number of carbonyl (C=O) groups is 2. The van der Waals surface area contributed by atoms with Crippen LogP contribution in [-0.4, -0.2) is 39.6 Å². The topological polar surface area (TPSA) is 67.2 Å². The third kappa shape index (κ3) is 7.31. The minimum Gasteiger partial charge on any atom is -0.333 e. The normalized spacial score (nSPS) is 12.3. The fourth-order valence-electron chi connectivity index (χ4n) is 4.46. The Hall–Kier alpha value is -3.41. The maximum Gasteiger partial charge on any atom is 0.245 e. The van der Waals surface area contributed by atoms with E-state index in [1.165, 1.54) is 0 Å². The first-order chi connectivity index (χ1) is 17.7. The summed E-state index contributed by atoms with van der Waals surface area (Å²) in [5.41, 5.74) is 3.67. The van der Waals surface area contributed by atoms with Crippen molar-refractivity contribution in [3.63, 3.8) is 0 Å². The number of carbonyl (C=O) groups excluding carboxylic acids is 2. The molecule has 0 radical (unpaired) electrons. The number of hydrogen-bond donors (Lipinski definition) is 1. The standard InChI is InChI=1S/C31H42N4O2/c1-7-9-15-20-34(30(37)25(8-2)24-17-11-10-12-18-24)22-29(36)32-28-21-27(31(4,5)6)33-35(28)26-19-14-13-16-23(26)3/h10-14,16-19,21,25H,7-9,15,20,22H2,1-6H3,(H,32,36). The molecule has 0 aliphatic carbocycles. The van der Waals surface area contributed by atoms with E-state index in [1.54, 1.807) is 9.58 Å². The highest BCUT2D eigenvalue weighted by molar-refractivity contribution is 5.95.